The van der Waals surface area contributed by atoms with Gasteiger partial charge in [0.05, 0.1) is 6.10 Å². The summed E-state index contributed by atoms with van der Waals surface area (Å²) >= 11 is 1.87. The molecule has 104 valence electrons. The van der Waals surface area contributed by atoms with Gasteiger partial charge < -0.3 is 15.8 Å². The lowest BCUT2D eigenvalue weighted by atomic mass is 9.94. The van der Waals surface area contributed by atoms with E-state index in [-0.39, 0.29) is 18.1 Å². The maximum Gasteiger partial charge on any atom is 0.249 e. The number of carbonyl (C=O) groups excluding carboxylic acids is 1. The molecule has 4 atom stereocenters. The highest BCUT2D eigenvalue weighted by Crippen LogP contribution is 2.28. The summed E-state index contributed by atoms with van der Waals surface area (Å²) in [7, 11) is 0. The van der Waals surface area contributed by atoms with E-state index in [1.807, 2.05) is 11.8 Å². The molecule has 2 fully saturated rings. The predicted octanol–water partition coefficient (Wildman–Crippen LogP) is 1.28. The van der Waals surface area contributed by atoms with Crippen molar-refractivity contribution in [2.75, 3.05) is 12.8 Å². The minimum atomic E-state index is -0.275. The number of nitrogens with two attached hydrogens (primary N) is 1. The fourth-order valence-electron chi connectivity index (χ4n) is 2.89. The zero-order valence-corrected chi connectivity index (χ0v) is 11.9. The Morgan fingerprint density at radius 3 is 2.78 bits per heavy atom. The van der Waals surface area contributed by atoms with Crippen LogP contribution in [-0.2, 0) is 9.53 Å². The van der Waals surface area contributed by atoms with E-state index in [0.29, 0.717) is 17.8 Å². The molecular weight excluding hydrogens is 248 g/mol. The van der Waals surface area contributed by atoms with Gasteiger partial charge in [0.15, 0.2) is 0 Å². The molecular formula is C13H24N2O2S. The van der Waals surface area contributed by atoms with Gasteiger partial charge in [-0.3, -0.25) is 4.79 Å². The molecule has 4 nitrogen and oxygen atoms in total. The fourth-order valence-corrected chi connectivity index (χ4v) is 3.83. The molecule has 0 bridgehead atoms. The molecule has 4 unspecified atom stereocenters. The van der Waals surface area contributed by atoms with Crippen LogP contribution in [0.4, 0.5) is 0 Å². The molecule has 3 N–H and O–H groups in total. The molecule has 1 saturated carbocycles. The Hall–Kier alpha value is -0.260. The first kappa shape index (κ1) is 14.2. The quantitative estimate of drug-likeness (QED) is 0.809. The zero-order valence-electron chi connectivity index (χ0n) is 11.1. The molecule has 2 aliphatic rings. The first-order valence-corrected chi connectivity index (χ1v) is 8.22. The summed E-state index contributed by atoms with van der Waals surface area (Å²) in [6, 6.07) is 0.321. The summed E-state index contributed by atoms with van der Waals surface area (Å²) in [5, 5.41) is 3.75. The smallest absolute Gasteiger partial charge is 0.249 e. The van der Waals surface area contributed by atoms with Crippen molar-refractivity contribution in [2.24, 2.45) is 5.73 Å². The molecule has 0 radical (unpaired) electrons. The van der Waals surface area contributed by atoms with Crippen molar-refractivity contribution in [1.82, 2.24) is 5.32 Å². The second kappa shape index (κ2) is 6.78. The number of thioether (sulfide) groups is 1. The summed E-state index contributed by atoms with van der Waals surface area (Å²) in [5.41, 5.74) is 5.56. The predicted molar refractivity (Wildman–Crippen MR) is 74.7 cm³/mol. The minimum Gasteiger partial charge on any atom is -0.364 e. The molecule has 0 aromatic rings. The van der Waals surface area contributed by atoms with Crippen molar-refractivity contribution < 1.29 is 9.53 Å². The number of hydrogen-bond acceptors (Lipinski definition) is 4. The van der Waals surface area contributed by atoms with Gasteiger partial charge in [-0.1, -0.05) is 12.8 Å². The first-order valence-electron chi connectivity index (χ1n) is 6.93. The number of nitrogens with one attached hydrogen (secondary N) is 1. The Bertz CT molecular complexity index is 288. The van der Waals surface area contributed by atoms with Gasteiger partial charge in [0.2, 0.25) is 5.91 Å². The van der Waals surface area contributed by atoms with E-state index in [9.17, 15) is 4.79 Å². The van der Waals surface area contributed by atoms with Crippen LogP contribution in [0.2, 0.25) is 0 Å². The van der Waals surface area contributed by atoms with Crippen LogP contribution >= 0.6 is 11.8 Å². The maximum absolute atomic E-state index is 12.2. The molecule has 1 amide bonds. The summed E-state index contributed by atoms with van der Waals surface area (Å²) < 4.78 is 5.64. The normalized spacial score (nSPS) is 36.6. The maximum atomic E-state index is 12.2. The Labute approximate surface area is 113 Å². The largest absolute Gasteiger partial charge is 0.364 e. The van der Waals surface area contributed by atoms with Crippen LogP contribution in [0.25, 0.3) is 0 Å². The number of hydrogen-bond donors (Lipinski definition) is 2. The number of rotatable bonds is 4. The highest BCUT2D eigenvalue weighted by Gasteiger charge is 2.33. The van der Waals surface area contributed by atoms with Crippen LogP contribution in [0, 0.1) is 0 Å². The Morgan fingerprint density at radius 2 is 2.11 bits per heavy atom. The summed E-state index contributed by atoms with van der Waals surface area (Å²) in [5.74, 6) is 0.0666. The second-order valence-electron chi connectivity index (χ2n) is 5.23. The Morgan fingerprint density at radius 1 is 1.33 bits per heavy atom. The third-order valence-corrected chi connectivity index (χ3v) is 5.17. The van der Waals surface area contributed by atoms with E-state index >= 15 is 0 Å². The summed E-state index contributed by atoms with van der Waals surface area (Å²) in [4.78, 5) is 12.2. The lowest BCUT2D eigenvalue weighted by Crippen LogP contribution is -2.47. The summed E-state index contributed by atoms with van der Waals surface area (Å²) in [6.45, 7) is 0.515. The molecule has 1 saturated heterocycles. The van der Waals surface area contributed by atoms with Gasteiger partial charge in [-0.2, -0.15) is 11.8 Å². The average molecular weight is 272 g/mol. The second-order valence-corrected chi connectivity index (χ2v) is 6.31. The molecule has 1 aliphatic carbocycles. The molecule has 2 rings (SSSR count). The third-order valence-electron chi connectivity index (χ3n) is 4.00. The van der Waals surface area contributed by atoms with Crippen LogP contribution in [0.15, 0.2) is 0 Å². The lowest BCUT2D eigenvalue weighted by Gasteiger charge is -2.31. The van der Waals surface area contributed by atoms with Gasteiger partial charge in [0.25, 0.3) is 0 Å². The van der Waals surface area contributed by atoms with Gasteiger partial charge >= 0.3 is 0 Å². The van der Waals surface area contributed by atoms with E-state index in [4.69, 9.17) is 10.5 Å². The highest BCUT2D eigenvalue weighted by molar-refractivity contribution is 7.99. The minimum absolute atomic E-state index is 0.0666. The molecule has 18 heavy (non-hydrogen) atoms. The topological polar surface area (TPSA) is 64.4 Å². The Kier molecular flexibility index (Phi) is 5.33. The number of ether oxygens (including phenoxy) is 1. The van der Waals surface area contributed by atoms with E-state index < -0.39 is 0 Å². The van der Waals surface area contributed by atoms with Crippen molar-refractivity contribution in [3.63, 3.8) is 0 Å². The SMILES string of the molecule is CSC1CCCCC1NC(=O)C1CCC(CN)O1. The Balaban J connectivity index is 1.83. The average Bonchev–Trinajstić information content (AvgIpc) is 2.88. The van der Waals surface area contributed by atoms with Gasteiger partial charge in [0.1, 0.15) is 6.10 Å². The van der Waals surface area contributed by atoms with Gasteiger partial charge in [-0.05, 0) is 31.9 Å². The first-order chi connectivity index (χ1) is 8.74. The van der Waals surface area contributed by atoms with Gasteiger partial charge in [-0.25, -0.2) is 0 Å². The van der Waals surface area contributed by atoms with Crippen molar-refractivity contribution in [2.45, 2.75) is 62.0 Å². The number of amides is 1. The van der Waals surface area contributed by atoms with Crippen molar-refractivity contribution >= 4 is 17.7 Å². The van der Waals surface area contributed by atoms with Crippen LogP contribution in [0.5, 0.6) is 0 Å². The zero-order chi connectivity index (χ0) is 13.0. The van der Waals surface area contributed by atoms with Gasteiger partial charge in [-0.15, -0.1) is 0 Å². The van der Waals surface area contributed by atoms with Crippen LogP contribution in [0.3, 0.4) is 0 Å². The molecule has 1 heterocycles. The molecule has 1 aliphatic heterocycles. The highest BCUT2D eigenvalue weighted by atomic mass is 32.2. The van der Waals surface area contributed by atoms with Crippen LogP contribution < -0.4 is 11.1 Å². The van der Waals surface area contributed by atoms with Crippen molar-refractivity contribution in [1.29, 1.82) is 0 Å². The monoisotopic (exact) mass is 272 g/mol. The summed E-state index contributed by atoms with van der Waals surface area (Å²) in [6.07, 6.45) is 8.46. The van der Waals surface area contributed by atoms with E-state index in [1.165, 1.54) is 19.3 Å². The molecule has 5 heteroatoms. The van der Waals surface area contributed by atoms with E-state index in [1.54, 1.807) is 0 Å². The van der Waals surface area contributed by atoms with E-state index in [0.717, 1.165) is 19.3 Å². The lowest BCUT2D eigenvalue weighted by molar-refractivity contribution is -0.132. The fraction of sp³-hybridized carbons (Fsp3) is 0.923. The van der Waals surface area contributed by atoms with Crippen LogP contribution in [-0.4, -0.2) is 42.2 Å². The molecule has 0 aromatic carbocycles. The van der Waals surface area contributed by atoms with Crippen molar-refractivity contribution in [3.05, 3.63) is 0 Å². The molecule has 0 spiro atoms. The van der Waals surface area contributed by atoms with E-state index in [2.05, 4.69) is 11.6 Å². The number of carbonyl (C=O) groups is 1. The van der Waals surface area contributed by atoms with Gasteiger partial charge in [0, 0.05) is 17.8 Å². The standard InChI is InChI=1S/C13H24N2O2S/c1-18-12-5-3-2-4-10(12)15-13(16)11-7-6-9(8-14)17-11/h9-12H,2-8,14H2,1H3,(H,15,16). The van der Waals surface area contributed by atoms with Crippen LogP contribution in [0.1, 0.15) is 38.5 Å². The molecule has 0 aromatic heterocycles. The van der Waals surface area contributed by atoms with Crippen molar-refractivity contribution in [3.8, 4) is 0 Å². The third kappa shape index (κ3) is 3.39.